The first-order valence-corrected chi connectivity index (χ1v) is 11.2. The summed E-state index contributed by atoms with van der Waals surface area (Å²) in [7, 11) is 3.26. The molecule has 0 radical (unpaired) electrons. The van der Waals surface area contributed by atoms with Crippen LogP contribution in [0, 0.1) is 0 Å². The lowest BCUT2D eigenvalue weighted by molar-refractivity contribution is -0.0140. The van der Waals surface area contributed by atoms with Crippen molar-refractivity contribution in [2.45, 2.75) is 24.4 Å². The summed E-state index contributed by atoms with van der Waals surface area (Å²) in [4.78, 5) is 8.81. The third-order valence-electron chi connectivity index (χ3n) is 5.65. The SMILES string of the molecule is COc1cc2c(Nc3ccc(Br)c(Cl)c3)ncnc2cc1O[C@@H]1CO[C@@H]2[C@H]1OC[C@@H]2OC.Cl. The van der Waals surface area contributed by atoms with Crippen molar-refractivity contribution >= 4 is 62.3 Å². The van der Waals surface area contributed by atoms with Crippen molar-refractivity contribution in [2.24, 2.45) is 0 Å². The van der Waals surface area contributed by atoms with Crippen molar-refractivity contribution in [3.63, 3.8) is 0 Å². The normalized spacial score (nSPS) is 23.8. The van der Waals surface area contributed by atoms with E-state index in [2.05, 4.69) is 31.2 Å². The number of hydrogen-bond acceptors (Lipinski definition) is 8. The molecule has 2 aliphatic heterocycles. The molecule has 1 N–H and O–H groups in total. The highest BCUT2D eigenvalue weighted by molar-refractivity contribution is 9.10. The summed E-state index contributed by atoms with van der Waals surface area (Å²) in [5.74, 6) is 1.76. The highest BCUT2D eigenvalue weighted by atomic mass is 79.9. The summed E-state index contributed by atoms with van der Waals surface area (Å²) in [6, 6.07) is 9.29. The molecule has 8 nitrogen and oxygen atoms in total. The van der Waals surface area contributed by atoms with Gasteiger partial charge in [-0.05, 0) is 40.2 Å². The maximum absolute atomic E-state index is 6.27. The van der Waals surface area contributed by atoms with Gasteiger partial charge in [-0.1, -0.05) is 11.6 Å². The Morgan fingerprint density at radius 1 is 1.03 bits per heavy atom. The second kappa shape index (κ2) is 10.2. The fourth-order valence-corrected chi connectivity index (χ4v) is 4.45. The van der Waals surface area contributed by atoms with Gasteiger partial charge in [0.2, 0.25) is 0 Å². The van der Waals surface area contributed by atoms with Crippen LogP contribution in [0.4, 0.5) is 11.5 Å². The van der Waals surface area contributed by atoms with Crippen LogP contribution in [0.2, 0.25) is 5.02 Å². The highest BCUT2D eigenvalue weighted by Crippen LogP contribution is 2.38. The second-order valence-corrected chi connectivity index (χ2v) is 8.78. The summed E-state index contributed by atoms with van der Waals surface area (Å²) in [6.45, 7) is 0.903. The van der Waals surface area contributed by atoms with E-state index >= 15 is 0 Å². The molecule has 0 aliphatic carbocycles. The maximum Gasteiger partial charge on any atom is 0.164 e. The summed E-state index contributed by atoms with van der Waals surface area (Å²) < 4.78 is 29.9. The molecular weight excluding hydrogens is 537 g/mol. The van der Waals surface area contributed by atoms with Crippen LogP contribution in [-0.2, 0) is 14.2 Å². The Morgan fingerprint density at radius 3 is 2.52 bits per heavy atom. The van der Waals surface area contributed by atoms with Crippen LogP contribution < -0.4 is 14.8 Å². The van der Waals surface area contributed by atoms with Crippen molar-refractivity contribution in [1.29, 1.82) is 0 Å². The Morgan fingerprint density at radius 2 is 1.79 bits per heavy atom. The van der Waals surface area contributed by atoms with Crippen molar-refractivity contribution in [1.82, 2.24) is 9.97 Å². The van der Waals surface area contributed by atoms with E-state index in [4.69, 9.17) is 35.3 Å². The maximum atomic E-state index is 6.27. The molecule has 2 aliphatic rings. The van der Waals surface area contributed by atoms with E-state index in [0.29, 0.717) is 41.1 Å². The van der Waals surface area contributed by atoms with Crippen LogP contribution in [0.1, 0.15) is 0 Å². The average molecular weight is 559 g/mol. The van der Waals surface area contributed by atoms with E-state index in [0.717, 1.165) is 15.5 Å². The van der Waals surface area contributed by atoms with E-state index in [1.807, 2.05) is 30.3 Å². The molecule has 2 saturated heterocycles. The van der Waals surface area contributed by atoms with Gasteiger partial charge in [-0.25, -0.2) is 9.97 Å². The topological polar surface area (TPSA) is 84.0 Å². The third-order valence-corrected chi connectivity index (χ3v) is 6.88. The zero-order chi connectivity index (χ0) is 22.2. The van der Waals surface area contributed by atoms with Gasteiger partial charge in [0, 0.05) is 28.7 Å². The second-order valence-electron chi connectivity index (χ2n) is 7.52. The summed E-state index contributed by atoms with van der Waals surface area (Å²) in [6.07, 6.45) is 0.827. The van der Waals surface area contributed by atoms with E-state index in [1.54, 1.807) is 14.2 Å². The molecule has 176 valence electrons. The number of rotatable bonds is 6. The van der Waals surface area contributed by atoms with Crippen LogP contribution in [0.25, 0.3) is 10.9 Å². The van der Waals surface area contributed by atoms with Crippen molar-refractivity contribution in [2.75, 3.05) is 32.8 Å². The number of anilines is 2. The fraction of sp³-hybridized carbons (Fsp3) is 0.364. The minimum Gasteiger partial charge on any atom is -0.493 e. The number of ether oxygens (including phenoxy) is 5. The Hall–Kier alpha value is -1.88. The summed E-state index contributed by atoms with van der Waals surface area (Å²) >= 11 is 9.62. The Bertz CT molecular complexity index is 1150. The van der Waals surface area contributed by atoms with Crippen LogP contribution >= 0.6 is 39.9 Å². The minimum atomic E-state index is -0.268. The molecule has 3 aromatic rings. The minimum absolute atomic E-state index is 0. The Labute approximate surface area is 210 Å². The molecule has 0 bridgehead atoms. The molecule has 0 unspecified atom stereocenters. The van der Waals surface area contributed by atoms with Crippen LogP contribution in [-0.4, -0.2) is 61.8 Å². The highest BCUT2D eigenvalue weighted by Gasteiger charge is 2.49. The Balaban J connectivity index is 0.00000259. The van der Waals surface area contributed by atoms with Gasteiger partial charge in [-0.3, -0.25) is 0 Å². The molecule has 0 saturated carbocycles. The van der Waals surface area contributed by atoms with Crippen LogP contribution in [0.3, 0.4) is 0 Å². The monoisotopic (exact) mass is 557 g/mol. The molecule has 2 aromatic carbocycles. The molecule has 0 spiro atoms. The lowest BCUT2D eigenvalue weighted by atomic mass is 10.1. The van der Waals surface area contributed by atoms with E-state index < -0.39 is 0 Å². The smallest absolute Gasteiger partial charge is 0.164 e. The molecule has 4 atom stereocenters. The molecule has 2 fully saturated rings. The van der Waals surface area contributed by atoms with Gasteiger partial charge in [0.05, 0.1) is 30.9 Å². The number of nitrogens with one attached hydrogen (secondary N) is 1. The third kappa shape index (κ3) is 4.71. The van der Waals surface area contributed by atoms with Crippen molar-refractivity contribution < 1.29 is 23.7 Å². The number of aromatic nitrogens is 2. The number of hydrogen-bond donors (Lipinski definition) is 1. The predicted octanol–water partition coefficient (Wildman–Crippen LogP) is 4.78. The molecular formula is C22H22BrCl2N3O5. The van der Waals surface area contributed by atoms with Gasteiger partial charge < -0.3 is 29.0 Å². The zero-order valence-electron chi connectivity index (χ0n) is 17.8. The number of nitrogens with zero attached hydrogens (tertiary/aromatic N) is 2. The van der Waals surface area contributed by atoms with Gasteiger partial charge >= 0.3 is 0 Å². The lowest BCUT2D eigenvalue weighted by Gasteiger charge is -2.20. The van der Waals surface area contributed by atoms with E-state index in [9.17, 15) is 0 Å². The predicted molar refractivity (Wildman–Crippen MR) is 130 cm³/mol. The van der Waals surface area contributed by atoms with Gasteiger partial charge in [0.15, 0.2) is 17.6 Å². The van der Waals surface area contributed by atoms with Crippen LogP contribution in [0.5, 0.6) is 11.5 Å². The van der Waals surface area contributed by atoms with Gasteiger partial charge in [-0.2, -0.15) is 0 Å². The number of fused-ring (bicyclic) bond motifs is 2. The molecule has 11 heteroatoms. The summed E-state index contributed by atoms with van der Waals surface area (Å²) in [5, 5.41) is 4.68. The van der Waals surface area contributed by atoms with Crippen molar-refractivity contribution in [3.05, 3.63) is 46.2 Å². The largest absolute Gasteiger partial charge is 0.493 e. The summed E-state index contributed by atoms with van der Waals surface area (Å²) in [5.41, 5.74) is 1.51. The van der Waals surface area contributed by atoms with E-state index in [1.165, 1.54) is 6.33 Å². The zero-order valence-corrected chi connectivity index (χ0v) is 20.9. The molecule has 33 heavy (non-hydrogen) atoms. The lowest BCUT2D eigenvalue weighted by Crippen LogP contribution is -2.35. The van der Waals surface area contributed by atoms with E-state index in [-0.39, 0.29) is 36.8 Å². The quantitative estimate of drug-likeness (QED) is 0.463. The van der Waals surface area contributed by atoms with Crippen LogP contribution in [0.15, 0.2) is 41.1 Å². The fourth-order valence-electron chi connectivity index (χ4n) is 4.02. The average Bonchev–Trinajstić information content (AvgIpc) is 3.39. The van der Waals surface area contributed by atoms with Gasteiger partial charge in [0.1, 0.15) is 30.5 Å². The van der Waals surface area contributed by atoms with Gasteiger partial charge in [-0.15, -0.1) is 12.4 Å². The molecule has 5 rings (SSSR count). The molecule has 0 amide bonds. The number of methoxy groups -OCH3 is 2. The first-order valence-electron chi connectivity index (χ1n) is 10.0. The Kier molecular flexibility index (Phi) is 7.47. The standard InChI is InChI=1S/C22H21BrClN3O5.ClH/c1-28-16-6-12-15(25-10-26-22(12)27-11-3-4-13(23)14(24)5-11)7-17(16)32-19-9-31-20-18(29-2)8-30-21(19)20;/h3-7,10,18-21H,8-9H2,1-2H3,(H,25,26,27);1H/t18-,19+,20-,21-;/m0./s1. The molecule has 1 aromatic heterocycles. The number of benzene rings is 2. The first kappa shape index (κ1) is 24.3. The van der Waals surface area contributed by atoms with Crippen molar-refractivity contribution in [3.8, 4) is 11.5 Å². The number of halogens is 3. The molecule has 3 heterocycles. The van der Waals surface area contributed by atoms with Gasteiger partial charge in [0.25, 0.3) is 0 Å². The first-order chi connectivity index (χ1) is 15.6.